The molecule has 2 aromatic carbocycles. The third kappa shape index (κ3) is 3.57. The Hall–Kier alpha value is -3.50. The fourth-order valence-electron chi connectivity index (χ4n) is 2.60. The highest BCUT2D eigenvalue weighted by molar-refractivity contribution is 7.11. The average molecular weight is 377 g/mol. The summed E-state index contributed by atoms with van der Waals surface area (Å²) in [5.41, 5.74) is 3.00. The molecule has 0 unspecified atom stereocenters. The van der Waals surface area contributed by atoms with Crippen molar-refractivity contribution in [3.8, 4) is 34.6 Å². The third-order valence-electron chi connectivity index (χ3n) is 3.98. The lowest BCUT2D eigenvalue weighted by Gasteiger charge is -2.03. The van der Waals surface area contributed by atoms with E-state index in [1.54, 1.807) is 13.3 Å². The molecule has 1 aliphatic heterocycles. The van der Waals surface area contributed by atoms with Crippen molar-refractivity contribution in [1.29, 1.82) is 5.26 Å². The summed E-state index contributed by atoms with van der Waals surface area (Å²) in [4.78, 5) is 4.58. The molecule has 0 fully saturated rings. The molecule has 1 aromatic heterocycles. The molecule has 4 rings (SSSR count). The molecule has 0 atom stereocenters. The first-order valence-electron chi connectivity index (χ1n) is 8.13. The largest absolute Gasteiger partial charge is 0.497 e. The standard InChI is InChI=1S/C20H15N3O3S/c1-24-16-4-2-3-13(7-16)17-11-27-20(23-17)14(9-21)10-22-15-5-6-18-19(8-15)26-12-25-18/h2-8,10-11,22H,12H2,1H3/b14-10+. The molecule has 27 heavy (non-hydrogen) atoms. The van der Waals surface area contributed by atoms with E-state index in [1.165, 1.54) is 11.3 Å². The Morgan fingerprint density at radius 3 is 3.00 bits per heavy atom. The van der Waals surface area contributed by atoms with Crippen LogP contribution in [0.25, 0.3) is 16.8 Å². The Labute approximate surface area is 160 Å². The first-order chi connectivity index (χ1) is 13.3. The van der Waals surface area contributed by atoms with Gasteiger partial charge in [-0.15, -0.1) is 11.3 Å². The second kappa shape index (κ2) is 7.40. The Bertz CT molecular complexity index is 1050. The van der Waals surface area contributed by atoms with Crippen molar-refractivity contribution >= 4 is 22.6 Å². The lowest BCUT2D eigenvalue weighted by atomic mass is 10.1. The number of nitriles is 1. The van der Waals surface area contributed by atoms with Crippen molar-refractivity contribution in [3.05, 3.63) is 59.1 Å². The van der Waals surface area contributed by atoms with Gasteiger partial charge in [0.05, 0.1) is 12.8 Å². The summed E-state index contributed by atoms with van der Waals surface area (Å²) in [6, 6.07) is 15.4. The van der Waals surface area contributed by atoms with Gasteiger partial charge < -0.3 is 19.5 Å². The predicted octanol–water partition coefficient (Wildman–Crippen LogP) is 4.52. The van der Waals surface area contributed by atoms with E-state index in [-0.39, 0.29) is 6.79 Å². The molecule has 0 saturated carbocycles. The highest BCUT2D eigenvalue weighted by Gasteiger charge is 2.13. The summed E-state index contributed by atoms with van der Waals surface area (Å²) in [6.07, 6.45) is 1.64. The number of hydrogen-bond acceptors (Lipinski definition) is 7. The topological polar surface area (TPSA) is 76.4 Å². The van der Waals surface area contributed by atoms with Crippen molar-refractivity contribution < 1.29 is 14.2 Å². The lowest BCUT2D eigenvalue weighted by Crippen LogP contribution is -1.93. The van der Waals surface area contributed by atoms with Gasteiger partial charge in [0, 0.05) is 28.9 Å². The molecule has 134 valence electrons. The number of ether oxygens (including phenoxy) is 3. The summed E-state index contributed by atoms with van der Waals surface area (Å²) in [7, 11) is 1.63. The molecular weight excluding hydrogens is 362 g/mol. The molecule has 3 aromatic rings. The fourth-order valence-corrected chi connectivity index (χ4v) is 3.39. The van der Waals surface area contributed by atoms with E-state index >= 15 is 0 Å². The summed E-state index contributed by atoms with van der Waals surface area (Å²) >= 11 is 1.42. The van der Waals surface area contributed by atoms with Crippen molar-refractivity contribution in [3.63, 3.8) is 0 Å². The number of fused-ring (bicyclic) bond motifs is 1. The number of rotatable bonds is 5. The molecule has 0 amide bonds. The number of methoxy groups -OCH3 is 1. The number of allylic oxidation sites excluding steroid dienone is 1. The van der Waals surface area contributed by atoms with Crippen LogP contribution in [0.5, 0.6) is 17.2 Å². The second-order valence-corrected chi connectivity index (χ2v) is 6.51. The molecule has 1 aliphatic rings. The van der Waals surface area contributed by atoms with Crippen molar-refractivity contribution in [2.24, 2.45) is 0 Å². The first kappa shape index (κ1) is 16.9. The number of thiazole rings is 1. The van der Waals surface area contributed by atoms with Crippen LogP contribution in [0.2, 0.25) is 0 Å². The minimum atomic E-state index is 0.226. The predicted molar refractivity (Wildman–Crippen MR) is 104 cm³/mol. The lowest BCUT2D eigenvalue weighted by molar-refractivity contribution is 0.174. The van der Waals surface area contributed by atoms with Crippen LogP contribution in [0.3, 0.4) is 0 Å². The molecule has 7 heteroatoms. The molecule has 0 spiro atoms. The van der Waals surface area contributed by atoms with Gasteiger partial charge in [0.15, 0.2) is 11.5 Å². The second-order valence-electron chi connectivity index (χ2n) is 5.65. The Balaban J connectivity index is 1.55. The van der Waals surface area contributed by atoms with Gasteiger partial charge in [-0.1, -0.05) is 12.1 Å². The van der Waals surface area contributed by atoms with Crippen LogP contribution in [-0.2, 0) is 0 Å². The Kier molecular flexibility index (Phi) is 4.64. The highest BCUT2D eigenvalue weighted by atomic mass is 32.1. The van der Waals surface area contributed by atoms with Crippen molar-refractivity contribution in [2.75, 3.05) is 19.2 Å². The van der Waals surface area contributed by atoms with Gasteiger partial charge in [0.2, 0.25) is 6.79 Å². The van der Waals surface area contributed by atoms with Crippen LogP contribution >= 0.6 is 11.3 Å². The molecule has 6 nitrogen and oxygen atoms in total. The zero-order valence-corrected chi connectivity index (χ0v) is 15.2. The maximum absolute atomic E-state index is 9.52. The van der Waals surface area contributed by atoms with Crippen LogP contribution in [0.15, 0.2) is 54.0 Å². The minimum absolute atomic E-state index is 0.226. The van der Waals surface area contributed by atoms with Crippen LogP contribution in [0, 0.1) is 11.3 Å². The van der Waals surface area contributed by atoms with Gasteiger partial charge in [0.25, 0.3) is 0 Å². The van der Waals surface area contributed by atoms with E-state index in [1.807, 2.05) is 47.8 Å². The molecule has 1 N–H and O–H groups in total. The molecule has 2 heterocycles. The normalized spacial score (nSPS) is 12.5. The van der Waals surface area contributed by atoms with Gasteiger partial charge in [0.1, 0.15) is 22.4 Å². The third-order valence-corrected chi connectivity index (χ3v) is 4.85. The number of benzene rings is 2. The SMILES string of the molecule is COc1cccc(-c2csc(/C(C#N)=C/Nc3ccc4c(c3)OCO4)n2)c1. The first-order valence-corrected chi connectivity index (χ1v) is 9.01. The van der Waals surface area contributed by atoms with Crippen LogP contribution < -0.4 is 19.5 Å². The van der Waals surface area contributed by atoms with Crippen LogP contribution in [-0.4, -0.2) is 18.9 Å². The molecule has 0 aliphatic carbocycles. The minimum Gasteiger partial charge on any atom is -0.497 e. The van der Waals surface area contributed by atoms with Crippen LogP contribution in [0.1, 0.15) is 5.01 Å². The summed E-state index contributed by atoms with van der Waals surface area (Å²) < 4.78 is 15.9. The van der Waals surface area contributed by atoms with Crippen molar-refractivity contribution in [2.45, 2.75) is 0 Å². The number of nitrogens with one attached hydrogen (secondary N) is 1. The summed E-state index contributed by atoms with van der Waals surface area (Å²) in [5, 5.41) is 15.2. The van der Waals surface area contributed by atoms with E-state index in [9.17, 15) is 5.26 Å². The molecular formula is C20H15N3O3S. The Morgan fingerprint density at radius 2 is 2.15 bits per heavy atom. The van der Waals surface area contributed by atoms with E-state index in [0.29, 0.717) is 22.1 Å². The monoisotopic (exact) mass is 377 g/mol. The van der Waals surface area contributed by atoms with E-state index in [0.717, 1.165) is 22.7 Å². The molecule has 0 radical (unpaired) electrons. The van der Waals surface area contributed by atoms with E-state index in [4.69, 9.17) is 14.2 Å². The quantitative estimate of drug-likeness (QED) is 0.659. The van der Waals surface area contributed by atoms with Gasteiger partial charge >= 0.3 is 0 Å². The maximum atomic E-state index is 9.52. The Morgan fingerprint density at radius 1 is 1.26 bits per heavy atom. The van der Waals surface area contributed by atoms with Gasteiger partial charge in [-0.2, -0.15) is 5.26 Å². The number of hydrogen-bond donors (Lipinski definition) is 1. The summed E-state index contributed by atoms with van der Waals surface area (Å²) in [6.45, 7) is 0.226. The average Bonchev–Trinajstić information content (AvgIpc) is 3.38. The zero-order chi connectivity index (χ0) is 18.6. The summed E-state index contributed by atoms with van der Waals surface area (Å²) in [5.74, 6) is 2.16. The molecule has 0 bridgehead atoms. The van der Waals surface area contributed by atoms with Crippen molar-refractivity contribution in [1.82, 2.24) is 4.98 Å². The number of nitrogens with zero attached hydrogens (tertiary/aromatic N) is 2. The highest BCUT2D eigenvalue weighted by Crippen LogP contribution is 2.34. The molecule has 0 saturated heterocycles. The maximum Gasteiger partial charge on any atom is 0.231 e. The van der Waals surface area contributed by atoms with Gasteiger partial charge in [-0.25, -0.2) is 4.98 Å². The zero-order valence-electron chi connectivity index (χ0n) is 14.4. The van der Waals surface area contributed by atoms with Gasteiger partial charge in [-0.05, 0) is 24.3 Å². The van der Waals surface area contributed by atoms with E-state index in [2.05, 4.69) is 16.4 Å². The fraction of sp³-hybridized carbons (Fsp3) is 0.100. The smallest absolute Gasteiger partial charge is 0.231 e. The van der Waals surface area contributed by atoms with E-state index < -0.39 is 0 Å². The number of anilines is 1. The number of aromatic nitrogens is 1. The van der Waals surface area contributed by atoms with Gasteiger partial charge in [-0.3, -0.25) is 0 Å². The van der Waals surface area contributed by atoms with Crippen LogP contribution in [0.4, 0.5) is 5.69 Å².